The van der Waals surface area contributed by atoms with Gasteiger partial charge in [0.15, 0.2) is 0 Å². The molecule has 0 saturated carbocycles. The summed E-state index contributed by atoms with van der Waals surface area (Å²) in [5.41, 5.74) is 2.15. The second kappa shape index (κ2) is 6.06. The Morgan fingerprint density at radius 3 is 2.67 bits per heavy atom. The third-order valence-corrected chi connectivity index (χ3v) is 3.75. The van der Waals surface area contributed by atoms with Gasteiger partial charge in [0.2, 0.25) is 0 Å². The molecular weight excluding hydrogens is 282 g/mol. The third kappa shape index (κ3) is 2.96. The van der Waals surface area contributed by atoms with Crippen LogP contribution in [0.1, 0.15) is 5.56 Å². The van der Waals surface area contributed by atoms with E-state index in [2.05, 4.69) is 47.8 Å². The van der Waals surface area contributed by atoms with Crippen LogP contribution in [0.3, 0.4) is 0 Å². The first-order chi connectivity index (χ1) is 10.3. The highest BCUT2D eigenvalue weighted by Gasteiger charge is 2.05. The molecule has 3 heteroatoms. The lowest BCUT2D eigenvalue weighted by Crippen LogP contribution is -2.02. The van der Waals surface area contributed by atoms with Crippen LogP contribution in [-0.2, 0) is 6.54 Å². The molecule has 21 heavy (non-hydrogen) atoms. The Labute approximate surface area is 129 Å². The Balaban J connectivity index is 1.89. The Morgan fingerprint density at radius 1 is 1.00 bits per heavy atom. The minimum absolute atomic E-state index is 0.691. The average molecular weight is 298 g/mol. The van der Waals surface area contributed by atoms with Gasteiger partial charge in [-0.2, -0.15) is 0 Å². The first-order valence-electron chi connectivity index (χ1n) is 6.82. The number of methoxy groups -OCH3 is 1. The van der Waals surface area contributed by atoms with Gasteiger partial charge in [0.05, 0.1) is 12.8 Å². The van der Waals surface area contributed by atoms with Crippen molar-refractivity contribution in [1.29, 1.82) is 0 Å². The molecule has 0 saturated heterocycles. The molecule has 2 nitrogen and oxygen atoms in total. The molecule has 3 aromatic rings. The second-order valence-corrected chi connectivity index (χ2v) is 5.27. The predicted molar refractivity (Wildman–Crippen MR) is 89.3 cm³/mol. The molecule has 0 amide bonds. The maximum Gasteiger partial charge on any atom is 0.142 e. The number of benzene rings is 3. The minimum atomic E-state index is 0.691. The van der Waals surface area contributed by atoms with Crippen molar-refractivity contribution < 1.29 is 4.74 Å². The summed E-state index contributed by atoms with van der Waals surface area (Å²) >= 11 is 6.06. The van der Waals surface area contributed by atoms with Crippen LogP contribution in [-0.4, -0.2) is 7.11 Å². The molecule has 0 spiro atoms. The van der Waals surface area contributed by atoms with Crippen LogP contribution >= 0.6 is 11.6 Å². The van der Waals surface area contributed by atoms with Crippen LogP contribution in [0, 0.1) is 0 Å². The van der Waals surface area contributed by atoms with Gasteiger partial charge < -0.3 is 10.1 Å². The van der Waals surface area contributed by atoms with Gasteiger partial charge in [0.1, 0.15) is 5.75 Å². The molecule has 3 aromatic carbocycles. The van der Waals surface area contributed by atoms with Gasteiger partial charge in [0, 0.05) is 11.6 Å². The molecule has 0 aliphatic carbocycles. The molecule has 0 bridgehead atoms. The lowest BCUT2D eigenvalue weighted by molar-refractivity contribution is 0.416. The van der Waals surface area contributed by atoms with E-state index < -0.39 is 0 Å². The van der Waals surface area contributed by atoms with E-state index in [1.165, 1.54) is 16.3 Å². The molecular formula is C18H16ClNO. The van der Waals surface area contributed by atoms with E-state index in [4.69, 9.17) is 16.3 Å². The fourth-order valence-electron chi connectivity index (χ4n) is 2.46. The van der Waals surface area contributed by atoms with Crippen LogP contribution in [0.15, 0.2) is 60.7 Å². The summed E-state index contributed by atoms with van der Waals surface area (Å²) < 4.78 is 5.36. The van der Waals surface area contributed by atoms with Gasteiger partial charge in [-0.25, -0.2) is 0 Å². The minimum Gasteiger partial charge on any atom is -0.495 e. The van der Waals surface area contributed by atoms with E-state index in [0.29, 0.717) is 5.02 Å². The van der Waals surface area contributed by atoms with Crippen molar-refractivity contribution in [1.82, 2.24) is 0 Å². The fourth-order valence-corrected chi connectivity index (χ4v) is 2.63. The summed E-state index contributed by atoms with van der Waals surface area (Å²) in [7, 11) is 1.66. The molecule has 0 radical (unpaired) electrons. The van der Waals surface area contributed by atoms with Crippen LogP contribution in [0.5, 0.6) is 5.75 Å². The standard InChI is InChI=1S/C18H16ClNO/c1-21-18-10-9-15(19)11-17(18)20-12-14-7-4-6-13-5-2-3-8-16(13)14/h2-11,20H,12H2,1H3. The molecule has 0 aliphatic rings. The zero-order valence-corrected chi connectivity index (χ0v) is 12.5. The number of hydrogen-bond acceptors (Lipinski definition) is 2. The molecule has 106 valence electrons. The maximum atomic E-state index is 6.06. The van der Waals surface area contributed by atoms with Gasteiger partial charge in [-0.1, -0.05) is 54.1 Å². The number of hydrogen-bond donors (Lipinski definition) is 1. The van der Waals surface area contributed by atoms with E-state index in [-0.39, 0.29) is 0 Å². The van der Waals surface area contributed by atoms with Crippen LogP contribution in [0.25, 0.3) is 10.8 Å². The summed E-state index contributed by atoms with van der Waals surface area (Å²) in [5, 5.41) is 6.60. The summed E-state index contributed by atoms with van der Waals surface area (Å²) in [6, 6.07) is 20.3. The van der Waals surface area contributed by atoms with Crippen molar-refractivity contribution in [3.8, 4) is 5.75 Å². The smallest absolute Gasteiger partial charge is 0.142 e. The van der Waals surface area contributed by atoms with Gasteiger partial charge >= 0.3 is 0 Å². The zero-order valence-electron chi connectivity index (χ0n) is 11.8. The maximum absolute atomic E-state index is 6.06. The van der Waals surface area contributed by atoms with Crippen LogP contribution in [0.2, 0.25) is 5.02 Å². The summed E-state index contributed by atoms with van der Waals surface area (Å²) in [5.74, 6) is 0.791. The van der Waals surface area contributed by atoms with E-state index in [0.717, 1.165) is 18.0 Å². The molecule has 3 rings (SSSR count). The Bertz CT molecular complexity index is 765. The number of ether oxygens (including phenoxy) is 1. The zero-order chi connectivity index (χ0) is 14.7. The van der Waals surface area contributed by atoms with Crippen molar-refractivity contribution in [3.05, 3.63) is 71.2 Å². The molecule has 1 N–H and O–H groups in total. The SMILES string of the molecule is COc1ccc(Cl)cc1NCc1cccc2ccccc12. The molecule has 0 heterocycles. The number of fused-ring (bicyclic) bond motifs is 1. The number of rotatable bonds is 4. The highest BCUT2D eigenvalue weighted by molar-refractivity contribution is 6.30. The van der Waals surface area contributed by atoms with Gasteiger partial charge in [0.25, 0.3) is 0 Å². The Kier molecular flexibility index (Phi) is 3.98. The summed E-state index contributed by atoms with van der Waals surface area (Å²) in [4.78, 5) is 0. The van der Waals surface area contributed by atoms with Crippen molar-refractivity contribution in [2.75, 3.05) is 12.4 Å². The number of halogens is 1. The van der Waals surface area contributed by atoms with Crippen LogP contribution < -0.4 is 10.1 Å². The fraction of sp³-hybridized carbons (Fsp3) is 0.111. The quantitative estimate of drug-likeness (QED) is 0.722. The lowest BCUT2D eigenvalue weighted by atomic mass is 10.0. The van der Waals surface area contributed by atoms with E-state index in [9.17, 15) is 0 Å². The van der Waals surface area contributed by atoms with Crippen molar-refractivity contribution in [2.45, 2.75) is 6.54 Å². The lowest BCUT2D eigenvalue weighted by Gasteiger charge is -2.13. The number of nitrogens with one attached hydrogen (secondary N) is 1. The van der Waals surface area contributed by atoms with E-state index >= 15 is 0 Å². The Hall–Kier alpha value is -2.19. The highest BCUT2D eigenvalue weighted by atomic mass is 35.5. The van der Waals surface area contributed by atoms with Crippen molar-refractivity contribution >= 4 is 28.1 Å². The van der Waals surface area contributed by atoms with Gasteiger partial charge in [-0.15, -0.1) is 0 Å². The predicted octanol–water partition coefficient (Wildman–Crippen LogP) is 5.11. The van der Waals surface area contributed by atoms with E-state index in [1.54, 1.807) is 7.11 Å². The second-order valence-electron chi connectivity index (χ2n) is 4.84. The van der Waals surface area contributed by atoms with E-state index in [1.807, 2.05) is 18.2 Å². The molecule has 0 aliphatic heterocycles. The molecule has 0 fully saturated rings. The third-order valence-electron chi connectivity index (χ3n) is 3.51. The average Bonchev–Trinajstić information content (AvgIpc) is 2.53. The number of anilines is 1. The topological polar surface area (TPSA) is 21.3 Å². The highest BCUT2D eigenvalue weighted by Crippen LogP contribution is 2.28. The largest absolute Gasteiger partial charge is 0.495 e. The van der Waals surface area contributed by atoms with Gasteiger partial charge in [-0.3, -0.25) is 0 Å². The van der Waals surface area contributed by atoms with Crippen LogP contribution in [0.4, 0.5) is 5.69 Å². The molecule has 0 aromatic heterocycles. The Morgan fingerprint density at radius 2 is 1.81 bits per heavy atom. The normalized spacial score (nSPS) is 10.6. The first kappa shape index (κ1) is 13.8. The molecule has 0 unspecified atom stereocenters. The monoisotopic (exact) mass is 297 g/mol. The summed E-state index contributed by atoms with van der Waals surface area (Å²) in [6.07, 6.45) is 0. The summed E-state index contributed by atoms with van der Waals surface area (Å²) in [6.45, 7) is 0.720. The van der Waals surface area contributed by atoms with Crippen molar-refractivity contribution in [2.24, 2.45) is 0 Å². The first-order valence-corrected chi connectivity index (χ1v) is 7.20. The van der Waals surface area contributed by atoms with Crippen molar-refractivity contribution in [3.63, 3.8) is 0 Å². The molecule has 0 atom stereocenters. The van der Waals surface area contributed by atoms with Gasteiger partial charge in [-0.05, 0) is 34.5 Å².